The summed E-state index contributed by atoms with van der Waals surface area (Å²) in [6.45, 7) is 2.96. The van der Waals surface area contributed by atoms with Crippen LogP contribution in [-0.4, -0.2) is 35.2 Å². The molecule has 0 saturated carbocycles. The van der Waals surface area contributed by atoms with Gasteiger partial charge >= 0.3 is 5.97 Å². The summed E-state index contributed by atoms with van der Waals surface area (Å²) in [4.78, 5) is 23.6. The molecule has 7 nitrogen and oxygen atoms in total. The molecule has 0 amide bonds. The Kier molecular flexibility index (Phi) is 5.32. The molecule has 0 radical (unpaired) electrons. The fraction of sp³-hybridized carbons (Fsp3) is 0.0833. The Morgan fingerprint density at radius 1 is 0.774 bits per heavy atom. The van der Waals surface area contributed by atoms with Crippen molar-refractivity contribution in [3.05, 3.63) is 79.4 Å². The van der Waals surface area contributed by atoms with Crippen molar-refractivity contribution in [1.29, 1.82) is 0 Å². The van der Waals surface area contributed by atoms with E-state index in [1.807, 2.05) is 68.7 Å². The molecule has 0 fully saturated rings. The summed E-state index contributed by atoms with van der Waals surface area (Å²) in [5.74, 6) is 0.726. The highest BCUT2D eigenvalue weighted by Crippen LogP contribution is 2.26. The van der Waals surface area contributed by atoms with Crippen LogP contribution in [0.2, 0.25) is 0 Å². The van der Waals surface area contributed by atoms with Gasteiger partial charge in [-0.2, -0.15) is 0 Å². The van der Waals surface area contributed by atoms with Crippen LogP contribution in [0.1, 0.15) is 0 Å². The largest absolute Gasteiger partial charge is 0.478 e. The maximum Gasteiger partial charge on any atom is 0.327 e. The molecular weight excluding hydrogens is 390 g/mol. The Morgan fingerprint density at radius 2 is 1.19 bits per heavy atom. The third kappa shape index (κ3) is 3.81. The van der Waals surface area contributed by atoms with Gasteiger partial charge in [-0.25, -0.2) is 19.7 Å². The number of hydrogen-bond acceptors (Lipinski definition) is 4. The summed E-state index contributed by atoms with van der Waals surface area (Å²) in [6, 6.07) is 22.2. The number of aromatic nitrogens is 5. The van der Waals surface area contributed by atoms with Crippen molar-refractivity contribution < 1.29 is 9.90 Å². The van der Waals surface area contributed by atoms with Crippen molar-refractivity contribution >= 4 is 28.0 Å². The first-order valence-corrected chi connectivity index (χ1v) is 9.65. The minimum absolute atomic E-state index is 0.833. The van der Waals surface area contributed by atoms with Crippen molar-refractivity contribution in [1.82, 2.24) is 24.1 Å². The molecule has 154 valence electrons. The molecule has 5 aromatic rings. The zero-order valence-electron chi connectivity index (χ0n) is 17.2. The van der Waals surface area contributed by atoms with Gasteiger partial charge in [-0.1, -0.05) is 36.9 Å². The first-order valence-electron chi connectivity index (χ1n) is 9.65. The number of pyridine rings is 1. The second-order valence-corrected chi connectivity index (χ2v) is 6.92. The molecule has 0 atom stereocenters. The van der Waals surface area contributed by atoms with Gasteiger partial charge in [-0.05, 0) is 36.4 Å². The molecule has 3 heterocycles. The maximum atomic E-state index is 9.25. The van der Waals surface area contributed by atoms with Crippen molar-refractivity contribution in [3.8, 4) is 23.0 Å². The number of fused-ring (bicyclic) bond motifs is 2. The summed E-state index contributed by atoms with van der Waals surface area (Å²) in [5, 5.41) is 7.60. The van der Waals surface area contributed by atoms with E-state index in [-0.39, 0.29) is 0 Å². The molecule has 0 unspecified atom stereocenters. The van der Waals surface area contributed by atoms with Gasteiger partial charge in [0.15, 0.2) is 11.6 Å². The lowest BCUT2D eigenvalue weighted by atomic mass is 10.2. The third-order valence-electron chi connectivity index (χ3n) is 4.96. The van der Waals surface area contributed by atoms with Gasteiger partial charge in [-0.15, -0.1) is 0 Å². The number of imidazole rings is 2. The van der Waals surface area contributed by atoms with Crippen LogP contribution in [0.4, 0.5) is 0 Å². The number of carboxylic acids is 1. The van der Waals surface area contributed by atoms with Crippen molar-refractivity contribution in [3.63, 3.8) is 0 Å². The van der Waals surface area contributed by atoms with E-state index in [2.05, 4.69) is 27.8 Å². The molecule has 3 aromatic heterocycles. The van der Waals surface area contributed by atoms with Crippen LogP contribution < -0.4 is 0 Å². The quantitative estimate of drug-likeness (QED) is 0.444. The highest BCUT2D eigenvalue weighted by Gasteiger charge is 2.14. The van der Waals surface area contributed by atoms with Crippen molar-refractivity contribution in [2.24, 2.45) is 14.1 Å². The molecule has 2 aromatic carbocycles. The molecule has 0 saturated heterocycles. The zero-order chi connectivity index (χ0) is 22.0. The van der Waals surface area contributed by atoms with E-state index in [0.29, 0.717) is 0 Å². The number of rotatable bonds is 3. The summed E-state index contributed by atoms with van der Waals surface area (Å²) in [6.07, 6.45) is 0.833. The van der Waals surface area contributed by atoms with Gasteiger partial charge in [0.05, 0.1) is 22.1 Å². The number of nitrogens with zero attached hydrogens (tertiary/aromatic N) is 5. The van der Waals surface area contributed by atoms with E-state index in [1.165, 1.54) is 0 Å². The van der Waals surface area contributed by atoms with Gasteiger partial charge < -0.3 is 14.2 Å². The van der Waals surface area contributed by atoms with Crippen molar-refractivity contribution in [2.45, 2.75) is 0 Å². The van der Waals surface area contributed by atoms with Crippen LogP contribution >= 0.6 is 0 Å². The minimum Gasteiger partial charge on any atom is -0.478 e. The minimum atomic E-state index is -0.981. The van der Waals surface area contributed by atoms with Crippen LogP contribution in [0.5, 0.6) is 0 Å². The zero-order valence-corrected chi connectivity index (χ0v) is 17.2. The van der Waals surface area contributed by atoms with E-state index in [4.69, 9.17) is 20.1 Å². The normalized spacial score (nSPS) is 10.6. The molecule has 0 spiro atoms. The Balaban J connectivity index is 0.000000418. The fourth-order valence-electron chi connectivity index (χ4n) is 3.43. The average Bonchev–Trinajstić information content (AvgIpc) is 3.32. The Bertz CT molecular complexity index is 1320. The standard InChI is InChI=1S/C21H17N5.C3H4O2/c1-25-18-12-5-3-8-14(18)23-20(25)16-10-7-11-17(22-16)21-24-15-9-4-6-13-19(15)26(21)2;1-2-3(4)5/h3-13H,1-2H3;2H,1H2,(H,4,5). The highest BCUT2D eigenvalue weighted by atomic mass is 16.4. The molecule has 31 heavy (non-hydrogen) atoms. The first kappa shape index (κ1) is 20.0. The lowest BCUT2D eigenvalue weighted by molar-refractivity contribution is -0.131. The molecule has 0 aliphatic heterocycles. The summed E-state index contributed by atoms with van der Waals surface area (Å²) >= 11 is 0. The van der Waals surface area contributed by atoms with Crippen LogP contribution in [0.25, 0.3) is 45.1 Å². The summed E-state index contributed by atoms with van der Waals surface area (Å²) in [5.41, 5.74) is 5.82. The number of aliphatic carboxylic acids is 1. The lowest BCUT2D eigenvalue weighted by Gasteiger charge is -2.05. The number of carbonyl (C=O) groups is 1. The van der Waals surface area contributed by atoms with E-state index in [0.717, 1.165) is 51.2 Å². The summed E-state index contributed by atoms with van der Waals surface area (Å²) in [7, 11) is 4.04. The van der Waals surface area contributed by atoms with E-state index in [9.17, 15) is 4.79 Å². The first-order chi connectivity index (χ1) is 15.0. The molecule has 0 bridgehead atoms. The Labute approximate surface area is 179 Å². The lowest BCUT2D eigenvalue weighted by Crippen LogP contribution is -1.98. The number of carboxylic acid groups (broad SMARTS) is 1. The molecule has 1 N–H and O–H groups in total. The van der Waals surface area contributed by atoms with Gasteiger partial charge in [0.1, 0.15) is 11.4 Å². The van der Waals surface area contributed by atoms with E-state index >= 15 is 0 Å². The third-order valence-corrected chi connectivity index (χ3v) is 4.96. The molecule has 7 heteroatoms. The Morgan fingerprint density at radius 3 is 1.58 bits per heavy atom. The molecular formula is C24H21N5O2. The van der Waals surface area contributed by atoms with Gasteiger partial charge in [0.25, 0.3) is 0 Å². The second-order valence-electron chi connectivity index (χ2n) is 6.92. The average molecular weight is 411 g/mol. The molecule has 0 aliphatic rings. The van der Waals surface area contributed by atoms with Crippen LogP contribution in [0.15, 0.2) is 79.4 Å². The van der Waals surface area contributed by atoms with Crippen molar-refractivity contribution in [2.75, 3.05) is 0 Å². The monoisotopic (exact) mass is 411 g/mol. The Hall–Kier alpha value is -4.26. The van der Waals surface area contributed by atoms with Crippen LogP contribution in [-0.2, 0) is 18.9 Å². The fourth-order valence-corrected chi connectivity index (χ4v) is 3.43. The number of benzene rings is 2. The van der Waals surface area contributed by atoms with Gasteiger partial charge in [-0.3, -0.25) is 0 Å². The van der Waals surface area contributed by atoms with Crippen LogP contribution in [0, 0.1) is 0 Å². The topological polar surface area (TPSA) is 85.8 Å². The molecule has 0 aliphatic carbocycles. The molecule has 5 rings (SSSR count). The number of aryl methyl sites for hydroxylation is 2. The predicted molar refractivity (Wildman–Crippen MR) is 121 cm³/mol. The number of para-hydroxylation sites is 4. The summed E-state index contributed by atoms with van der Waals surface area (Å²) < 4.78 is 4.16. The number of hydrogen-bond donors (Lipinski definition) is 1. The maximum absolute atomic E-state index is 9.25. The highest BCUT2D eigenvalue weighted by molar-refractivity contribution is 5.81. The van der Waals surface area contributed by atoms with Gasteiger partial charge in [0.2, 0.25) is 0 Å². The van der Waals surface area contributed by atoms with E-state index < -0.39 is 5.97 Å². The van der Waals surface area contributed by atoms with E-state index in [1.54, 1.807) is 0 Å². The predicted octanol–water partition coefficient (Wildman–Crippen LogP) is 4.45. The van der Waals surface area contributed by atoms with Gasteiger partial charge in [0, 0.05) is 20.2 Å². The smallest absolute Gasteiger partial charge is 0.327 e. The van der Waals surface area contributed by atoms with Crippen LogP contribution in [0.3, 0.4) is 0 Å². The second kappa shape index (κ2) is 8.23. The SMILES string of the molecule is C=CC(=O)O.Cn1c(-c2cccc(-c3nc4ccccc4n3C)n2)nc2ccccc21.